The lowest BCUT2D eigenvalue weighted by atomic mass is 10.3. The van der Waals surface area contributed by atoms with Crippen LogP contribution in [-0.4, -0.2) is 17.1 Å². The largest absolute Gasteiger partial charge is 0.497 e. The maximum atomic E-state index is 5.06. The fraction of sp³-hybridized carbons (Fsp3) is 0.0909. The Morgan fingerprint density at radius 1 is 1.07 bits per heavy atom. The van der Waals surface area contributed by atoms with E-state index >= 15 is 0 Å². The van der Waals surface area contributed by atoms with Crippen LogP contribution in [0.15, 0.2) is 42.7 Å². The predicted molar refractivity (Wildman–Crippen MR) is 58.3 cm³/mol. The van der Waals surface area contributed by atoms with Crippen LogP contribution in [0.5, 0.6) is 5.75 Å². The molecule has 0 saturated heterocycles. The Bertz CT molecular complexity index is 414. The molecule has 0 saturated carbocycles. The standard InChI is InChI=1S/C11H11N3O/c1-15-10-5-3-9(4-6-10)14-11-12-7-2-8-13-11/h2-8H,1H3,(H,12,13,14). The van der Waals surface area contributed by atoms with Crippen LogP contribution < -0.4 is 10.1 Å². The predicted octanol–water partition coefficient (Wildman–Crippen LogP) is 2.23. The zero-order valence-electron chi connectivity index (χ0n) is 8.34. The second kappa shape index (κ2) is 4.41. The number of anilines is 2. The maximum Gasteiger partial charge on any atom is 0.227 e. The number of aromatic nitrogens is 2. The second-order valence-corrected chi connectivity index (χ2v) is 2.93. The van der Waals surface area contributed by atoms with Crippen molar-refractivity contribution in [3.05, 3.63) is 42.7 Å². The molecule has 4 nitrogen and oxygen atoms in total. The molecule has 0 atom stereocenters. The van der Waals surface area contributed by atoms with Gasteiger partial charge in [-0.25, -0.2) is 9.97 Å². The Kier molecular flexibility index (Phi) is 2.78. The fourth-order valence-electron chi connectivity index (χ4n) is 1.17. The quantitative estimate of drug-likeness (QED) is 0.827. The smallest absolute Gasteiger partial charge is 0.227 e. The first-order valence-electron chi connectivity index (χ1n) is 4.56. The Morgan fingerprint density at radius 2 is 1.73 bits per heavy atom. The van der Waals surface area contributed by atoms with E-state index in [-0.39, 0.29) is 0 Å². The number of rotatable bonds is 3. The molecule has 1 aromatic heterocycles. The van der Waals surface area contributed by atoms with E-state index in [9.17, 15) is 0 Å². The molecule has 1 aromatic carbocycles. The van der Waals surface area contributed by atoms with E-state index in [1.54, 1.807) is 25.6 Å². The van der Waals surface area contributed by atoms with Gasteiger partial charge in [0.05, 0.1) is 7.11 Å². The summed E-state index contributed by atoms with van der Waals surface area (Å²) < 4.78 is 5.06. The molecule has 0 bridgehead atoms. The molecule has 4 heteroatoms. The maximum absolute atomic E-state index is 5.06. The van der Waals surface area contributed by atoms with Gasteiger partial charge in [-0.2, -0.15) is 0 Å². The highest BCUT2D eigenvalue weighted by molar-refractivity contribution is 5.54. The summed E-state index contributed by atoms with van der Waals surface area (Å²) in [6.07, 6.45) is 3.39. The van der Waals surface area contributed by atoms with Crippen LogP contribution in [-0.2, 0) is 0 Å². The average Bonchev–Trinajstić information content (AvgIpc) is 2.31. The molecule has 0 fully saturated rings. The number of ether oxygens (including phenoxy) is 1. The number of nitrogens with zero attached hydrogens (tertiary/aromatic N) is 2. The van der Waals surface area contributed by atoms with Crippen LogP contribution in [0.1, 0.15) is 0 Å². The van der Waals surface area contributed by atoms with Crippen molar-refractivity contribution in [2.75, 3.05) is 12.4 Å². The summed E-state index contributed by atoms with van der Waals surface area (Å²) in [5.41, 5.74) is 0.932. The zero-order valence-corrected chi connectivity index (χ0v) is 8.34. The first-order chi connectivity index (χ1) is 7.38. The molecule has 0 radical (unpaired) electrons. The second-order valence-electron chi connectivity index (χ2n) is 2.93. The van der Waals surface area contributed by atoms with Crippen molar-refractivity contribution in [2.24, 2.45) is 0 Å². The molecule has 0 aliphatic rings. The third-order valence-corrected chi connectivity index (χ3v) is 1.91. The molecule has 15 heavy (non-hydrogen) atoms. The van der Waals surface area contributed by atoms with Gasteiger partial charge in [-0.15, -0.1) is 0 Å². The molecule has 2 aromatic rings. The van der Waals surface area contributed by atoms with Gasteiger partial charge in [0.1, 0.15) is 5.75 Å². The lowest BCUT2D eigenvalue weighted by Gasteiger charge is -2.04. The third kappa shape index (κ3) is 2.43. The van der Waals surface area contributed by atoms with Crippen molar-refractivity contribution in [1.29, 1.82) is 0 Å². The zero-order chi connectivity index (χ0) is 10.5. The lowest BCUT2D eigenvalue weighted by Crippen LogP contribution is -1.95. The van der Waals surface area contributed by atoms with Crippen LogP contribution in [0.4, 0.5) is 11.6 Å². The van der Waals surface area contributed by atoms with Gasteiger partial charge in [-0.05, 0) is 30.3 Å². The van der Waals surface area contributed by atoms with Crippen molar-refractivity contribution in [2.45, 2.75) is 0 Å². The van der Waals surface area contributed by atoms with E-state index in [4.69, 9.17) is 4.74 Å². The normalized spacial score (nSPS) is 9.67. The number of hydrogen-bond donors (Lipinski definition) is 1. The number of hydrogen-bond acceptors (Lipinski definition) is 4. The van der Waals surface area contributed by atoms with Crippen molar-refractivity contribution >= 4 is 11.6 Å². The molecule has 0 amide bonds. The minimum absolute atomic E-state index is 0.586. The van der Waals surface area contributed by atoms with Crippen molar-refractivity contribution in [3.8, 4) is 5.75 Å². The Labute approximate surface area is 88.0 Å². The molecule has 1 heterocycles. The number of methoxy groups -OCH3 is 1. The van der Waals surface area contributed by atoms with Gasteiger partial charge in [-0.3, -0.25) is 0 Å². The lowest BCUT2D eigenvalue weighted by molar-refractivity contribution is 0.415. The van der Waals surface area contributed by atoms with Crippen molar-refractivity contribution in [3.63, 3.8) is 0 Å². The van der Waals surface area contributed by atoms with E-state index in [1.807, 2.05) is 24.3 Å². The minimum Gasteiger partial charge on any atom is -0.497 e. The Morgan fingerprint density at radius 3 is 2.33 bits per heavy atom. The van der Waals surface area contributed by atoms with Crippen LogP contribution in [0, 0.1) is 0 Å². The summed E-state index contributed by atoms with van der Waals surface area (Å²) in [7, 11) is 1.64. The van der Waals surface area contributed by atoms with Gasteiger partial charge in [-0.1, -0.05) is 0 Å². The molecule has 0 aliphatic carbocycles. The Balaban J connectivity index is 2.11. The average molecular weight is 201 g/mol. The van der Waals surface area contributed by atoms with Crippen LogP contribution in [0.25, 0.3) is 0 Å². The molecule has 0 aliphatic heterocycles. The number of nitrogens with one attached hydrogen (secondary N) is 1. The Hall–Kier alpha value is -2.10. The van der Waals surface area contributed by atoms with Gasteiger partial charge in [0.15, 0.2) is 0 Å². The SMILES string of the molecule is COc1ccc(Nc2ncccn2)cc1. The van der Waals surface area contributed by atoms with Crippen LogP contribution in [0.2, 0.25) is 0 Å². The highest BCUT2D eigenvalue weighted by atomic mass is 16.5. The highest BCUT2D eigenvalue weighted by Crippen LogP contribution is 2.17. The van der Waals surface area contributed by atoms with E-state index in [1.165, 1.54) is 0 Å². The molecule has 1 N–H and O–H groups in total. The number of benzene rings is 1. The van der Waals surface area contributed by atoms with Crippen molar-refractivity contribution in [1.82, 2.24) is 9.97 Å². The van der Waals surface area contributed by atoms with Gasteiger partial charge >= 0.3 is 0 Å². The summed E-state index contributed by atoms with van der Waals surface area (Å²) in [6, 6.07) is 9.36. The molecular weight excluding hydrogens is 190 g/mol. The van der Waals surface area contributed by atoms with Crippen molar-refractivity contribution < 1.29 is 4.74 Å². The van der Waals surface area contributed by atoms with E-state index in [2.05, 4.69) is 15.3 Å². The summed E-state index contributed by atoms with van der Waals surface area (Å²) >= 11 is 0. The molecule has 2 rings (SSSR count). The van der Waals surface area contributed by atoms with Crippen LogP contribution in [0.3, 0.4) is 0 Å². The molecule has 0 unspecified atom stereocenters. The highest BCUT2D eigenvalue weighted by Gasteiger charge is 1.96. The fourth-order valence-corrected chi connectivity index (χ4v) is 1.17. The monoisotopic (exact) mass is 201 g/mol. The first kappa shape index (κ1) is 9.45. The summed E-state index contributed by atoms with van der Waals surface area (Å²) in [5, 5.41) is 3.08. The van der Waals surface area contributed by atoms with Gasteiger partial charge in [0.2, 0.25) is 5.95 Å². The molecule has 0 spiro atoms. The summed E-state index contributed by atoms with van der Waals surface area (Å²) in [4.78, 5) is 8.13. The topological polar surface area (TPSA) is 47.0 Å². The molecular formula is C11H11N3O. The minimum atomic E-state index is 0.586. The first-order valence-corrected chi connectivity index (χ1v) is 4.56. The van der Waals surface area contributed by atoms with E-state index in [0.717, 1.165) is 11.4 Å². The van der Waals surface area contributed by atoms with Gasteiger partial charge in [0.25, 0.3) is 0 Å². The van der Waals surface area contributed by atoms with Crippen LogP contribution >= 0.6 is 0 Å². The summed E-state index contributed by atoms with van der Waals surface area (Å²) in [5.74, 6) is 1.41. The molecule has 76 valence electrons. The van der Waals surface area contributed by atoms with Gasteiger partial charge < -0.3 is 10.1 Å². The van der Waals surface area contributed by atoms with E-state index < -0.39 is 0 Å². The summed E-state index contributed by atoms with van der Waals surface area (Å²) in [6.45, 7) is 0. The third-order valence-electron chi connectivity index (χ3n) is 1.91. The van der Waals surface area contributed by atoms with E-state index in [0.29, 0.717) is 5.95 Å². The van der Waals surface area contributed by atoms with Gasteiger partial charge in [0, 0.05) is 18.1 Å².